The minimum atomic E-state index is -0.909. The quantitative estimate of drug-likeness (QED) is 0.377. The van der Waals surface area contributed by atoms with Crippen molar-refractivity contribution in [1.29, 1.82) is 5.41 Å². The van der Waals surface area contributed by atoms with Crippen molar-refractivity contribution in [3.8, 4) is 0 Å². The zero-order valence-corrected chi connectivity index (χ0v) is 17.8. The van der Waals surface area contributed by atoms with Crippen molar-refractivity contribution in [1.82, 2.24) is 4.90 Å². The van der Waals surface area contributed by atoms with Crippen LogP contribution in [-0.4, -0.2) is 53.9 Å². The second-order valence-electron chi connectivity index (χ2n) is 7.19. The van der Waals surface area contributed by atoms with Gasteiger partial charge in [0.2, 0.25) is 5.91 Å². The van der Waals surface area contributed by atoms with Gasteiger partial charge in [-0.25, -0.2) is 4.79 Å². The standard InChI is InChI=1S/C20H26N4O3.2ClH/c21-19(22)15-1-3-17(4-2-15)23-11-7-16(8-12-23)20(27)24-9-5-14(6-10-24)13-18(25)26;;/h1-4,13,16H,5-12H2,(H3,21,22)(H,25,26);2*1H. The van der Waals surface area contributed by atoms with Crippen molar-refractivity contribution < 1.29 is 14.7 Å². The number of amides is 1. The number of carboxylic acid groups (broad SMARTS) is 1. The molecule has 0 radical (unpaired) electrons. The van der Waals surface area contributed by atoms with Gasteiger partial charge in [0.25, 0.3) is 0 Å². The molecule has 2 saturated heterocycles. The van der Waals surface area contributed by atoms with E-state index in [1.165, 1.54) is 6.08 Å². The summed E-state index contributed by atoms with van der Waals surface area (Å²) in [5, 5.41) is 16.3. The fourth-order valence-electron chi connectivity index (χ4n) is 3.83. The third-order valence-electron chi connectivity index (χ3n) is 5.43. The number of nitrogens with two attached hydrogens (primary N) is 1. The number of amidine groups is 1. The number of piperidine rings is 2. The largest absolute Gasteiger partial charge is 0.478 e. The number of nitrogen functional groups attached to an aromatic ring is 1. The minimum Gasteiger partial charge on any atom is -0.478 e. The topological polar surface area (TPSA) is 111 Å². The van der Waals surface area contributed by atoms with E-state index in [0.717, 1.165) is 37.2 Å². The Hall–Kier alpha value is -2.25. The van der Waals surface area contributed by atoms with Crippen molar-refractivity contribution in [2.45, 2.75) is 25.7 Å². The predicted molar refractivity (Wildman–Crippen MR) is 118 cm³/mol. The molecule has 9 heteroatoms. The summed E-state index contributed by atoms with van der Waals surface area (Å²) in [4.78, 5) is 27.7. The average Bonchev–Trinajstić information content (AvgIpc) is 2.68. The molecule has 0 unspecified atom stereocenters. The SMILES string of the molecule is Cl.Cl.N=C(N)c1ccc(N2CCC(C(=O)N3CCC(=CC(=O)O)CC3)CC2)cc1. The number of carbonyl (C=O) groups is 2. The summed E-state index contributed by atoms with van der Waals surface area (Å²) in [7, 11) is 0. The summed E-state index contributed by atoms with van der Waals surface area (Å²) in [6, 6.07) is 7.65. The third-order valence-corrected chi connectivity index (χ3v) is 5.43. The number of halogens is 2. The van der Waals surface area contributed by atoms with Crippen LogP contribution < -0.4 is 10.6 Å². The summed E-state index contributed by atoms with van der Waals surface area (Å²) in [5.74, 6) is -0.596. The van der Waals surface area contributed by atoms with Gasteiger partial charge < -0.3 is 20.6 Å². The van der Waals surface area contributed by atoms with E-state index < -0.39 is 5.97 Å². The fraction of sp³-hybridized carbons (Fsp3) is 0.450. The maximum atomic E-state index is 12.8. The highest BCUT2D eigenvalue weighted by Gasteiger charge is 2.30. The smallest absolute Gasteiger partial charge is 0.328 e. The lowest BCUT2D eigenvalue weighted by molar-refractivity contribution is -0.136. The van der Waals surface area contributed by atoms with Gasteiger partial charge >= 0.3 is 5.97 Å². The Labute approximate surface area is 183 Å². The lowest BCUT2D eigenvalue weighted by Crippen LogP contribution is -2.44. The molecule has 1 aromatic rings. The first-order valence-electron chi connectivity index (χ1n) is 9.34. The summed E-state index contributed by atoms with van der Waals surface area (Å²) in [5.41, 5.74) is 8.21. The van der Waals surface area contributed by atoms with E-state index in [-0.39, 0.29) is 42.5 Å². The van der Waals surface area contributed by atoms with Gasteiger partial charge in [-0.1, -0.05) is 5.57 Å². The number of hydrogen-bond donors (Lipinski definition) is 3. The molecule has 0 atom stereocenters. The van der Waals surface area contributed by atoms with Gasteiger partial charge in [-0.2, -0.15) is 0 Å². The molecule has 29 heavy (non-hydrogen) atoms. The van der Waals surface area contributed by atoms with Crippen LogP contribution in [0.15, 0.2) is 35.9 Å². The van der Waals surface area contributed by atoms with Crippen LogP contribution >= 0.6 is 24.8 Å². The number of carbonyl (C=O) groups excluding carboxylic acids is 1. The number of nitrogens with zero attached hydrogens (tertiary/aromatic N) is 2. The molecule has 2 aliphatic heterocycles. The number of aliphatic carboxylic acids is 1. The number of benzene rings is 1. The Morgan fingerprint density at radius 2 is 1.59 bits per heavy atom. The zero-order chi connectivity index (χ0) is 19.4. The van der Waals surface area contributed by atoms with Gasteiger partial charge in [-0.05, 0) is 49.9 Å². The molecule has 2 fully saturated rings. The Bertz CT molecular complexity index is 749. The molecule has 3 rings (SSSR count). The third kappa shape index (κ3) is 6.37. The molecule has 2 aliphatic rings. The average molecular weight is 443 g/mol. The monoisotopic (exact) mass is 442 g/mol. The summed E-state index contributed by atoms with van der Waals surface area (Å²) >= 11 is 0. The maximum Gasteiger partial charge on any atom is 0.328 e. The Morgan fingerprint density at radius 3 is 2.07 bits per heavy atom. The molecule has 0 saturated carbocycles. The maximum absolute atomic E-state index is 12.8. The van der Waals surface area contributed by atoms with Crippen LogP contribution in [0.2, 0.25) is 0 Å². The number of hydrogen-bond acceptors (Lipinski definition) is 4. The number of nitrogens with one attached hydrogen (secondary N) is 1. The highest BCUT2D eigenvalue weighted by atomic mass is 35.5. The van der Waals surface area contributed by atoms with E-state index in [1.807, 2.05) is 29.2 Å². The van der Waals surface area contributed by atoms with Gasteiger partial charge in [-0.3, -0.25) is 10.2 Å². The normalized spacial score (nSPS) is 17.0. The van der Waals surface area contributed by atoms with Gasteiger partial charge in [-0.15, -0.1) is 24.8 Å². The summed E-state index contributed by atoms with van der Waals surface area (Å²) < 4.78 is 0. The van der Waals surface area contributed by atoms with Gasteiger partial charge in [0.15, 0.2) is 0 Å². The minimum absolute atomic E-state index is 0. The van der Waals surface area contributed by atoms with Crippen molar-refractivity contribution >= 4 is 48.2 Å². The van der Waals surface area contributed by atoms with Crippen LogP contribution in [-0.2, 0) is 9.59 Å². The number of rotatable bonds is 4. The first kappa shape index (κ1) is 24.8. The molecule has 1 amide bonds. The predicted octanol–water partition coefficient (Wildman–Crippen LogP) is 2.66. The molecular weight excluding hydrogens is 415 g/mol. The molecule has 7 nitrogen and oxygen atoms in total. The molecule has 0 bridgehead atoms. The Kier molecular flexibility index (Phi) is 9.46. The highest BCUT2D eigenvalue weighted by molar-refractivity contribution is 5.95. The fourth-order valence-corrected chi connectivity index (χ4v) is 3.83. The molecule has 160 valence electrons. The van der Waals surface area contributed by atoms with E-state index in [1.54, 1.807) is 0 Å². The van der Waals surface area contributed by atoms with Crippen LogP contribution in [0, 0.1) is 11.3 Å². The molecule has 0 aliphatic carbocycles. The van der Waals surface area contributed by atoms with Crippen molar-refractivity contribution in [3.05, 3.63) is 41.5 Å². The molecule has 1 aromatic carbocycles. The van der Waals surface area contributed by atoms with Crippen molar-refractivity contribution in [2.75, 3.05) is 31.1 Å². The number of anilines is 1. The van der Waals surface area contributed by atoms with E-state index in [9.17, 15) is 9.59 Å². The van der Waals surface area contributed by atoms with Crippen LogP contribution in [0.1, 0.15) is 31.2 Å². The summed E-state index contributed by atoms with van der Waals surface area (Å²) in [6.07, 6.45) is 4.22. The second kappa shape index (κ2) is 11.1. The Morgan fingerprint density at radius 1 is 1.03 bits per heavy atom. The van der Waals surface area contributed by atoms with Crippen LogP contribution in [0.3, 0.4) is 0 Å². The van der Waals surface area contributed by atoms with Gasteiger partial charge in [0.05, 0.1) is 0 Å². The van der Waals surface area contributed by atoms with E-state index in [2.05, 4.69) is 4.90 Å². The van der Waals surface area contributed by atoms with Crippen molar-refractivity contribution in [3.63, 3.8) is 0 Å². The van der Waals surface area contributed by atoms with E-state index >= 15 is 0 Å². The molecule has 0 aromatic heterocycles. The van der Waals surface area contributed by atoms with Gasteiger partial charge in [0.1, 0.15) is 5.84 Å². The molecular formula is C20H28Cl2N4O3. The summed E-state index contributed by atoms with van der Waals surface area (Å²) in [6.45, 7) is 2.89. The lowest BCUT2D eigenvalue weighted by Gasteiger charge is -2.37. The van der Waals surface area contributed by atoms with Crippen LogP contribution in [0.25, 0.3) is 0 Å². The molecule has 4 N–H and O–H groups in total. The first-order valence-corrected chi connectivity index (χ1v) is 9.34. The first-order chi connectivity index (χ1) is 12.9. The van der Waals surface area contributed by atoms with E-state index in [0.29, 0.717) is 31.5 Å². The molecule has 2 heterocycles. The second-order valence-corrected chi connectivity index (χ2v) is 7.19. The highest BCUT2D eigenvalue weighted by Crippen LogP contribution is 2.26. The number of carboxylic acids is 1. The van der Waals surface area contributed by atoms with Crippen molar-refractivity contribution in [2.24, 2.45) is 11.7 Å². The lowest BCUT2D eigenvalue weighted by atomic mass is 9.93. The van der Waals surface area contributed by atoms with Crippen LogP contribution in [0.5, 0.6) is 0 Å². The Balaban J connectivity index is 0.00000210. The molecule has 0 spiro atoms. The van der Waals surface area contributed by atoms with Crippen LogP contribution in [0.4, 0.5) is 5.69 Å². The zero-order valence-electron chi connectivity index (χ0n) is 16.2. The number of likely N-dealkylation sites (tertiary alicyclic amines) is 1. The van der Waals surface area contributed by atoms with E-state index in [4.69, 9.17) is 16.2 Å². The van der Waals surface area contributed by atoms with Gasteiger partial charge in [0, 0.05) is 49.4 Å².